The zero-order valence-corrected chi connectivity index (χ0v) is 9.00. The van der Waals surface area contributed by atoms with Gasteiger partial charge in [0.1, 0.15) is 0 Å². The number of rotatable bonds is 1. The lowest BCUT2D eigenvalue weighted by atomic mass is 9.99. The van der Waals surface area contributed by atoms with E-state index in [1.54, 1.807) is 24.4 Å². The van der Waals surface area contributed by atoms with Crippen molar-refractivity contribution in [2.75, 3.05) is 6.54 Å². The Labute approximate surface area is 98.2 Å². The van der Waals surface area contributed by atoms with Crippen LogP contribution in [0.15, 0.2) is 41.5 Å². The van der Waals surface area contributed by atoms with Crippen LogP contribution in [0.3, 0.4) is 0 Å². The van der Waals surface area contributed by atoms with Crippen molar-refractivity contribution in [2.45, 2.75) is 0 Å². The number of nitrogens with zero attached hydrogens (tertiary/aromatic N) is 2. The molecule has 0 saturated heterocycles. The van der Waals surface area contributed by atoms with E-state index in [-0.39, 0.29) is 0 Å². The van der Waals surface area contributed by atoms with E-state index in [0.29, 0.717) is 5.56 Å². The van der Waals surface area contributed by atoms with E-state index < -0.39 is 5.97 Å². The maximum atomic E-state index is 11.0. The summed E-state index contributed by atoms with van der Waals surface area (Å²) in [6, 6.07) is 5.09. The lowest BCUT2D eigenvalue weighted by molar-refractivity contribution is 0.0697. The van der Waals surface area contributed by atoms with Crippen LogP contribution < -0.4 is 0 Å². The van der Waals surface area contributed by atoms with Gasteiger partial charge in [0, 0.05) is 11.1 Å². The van der Waals surface area contributed by atoms with Crippen molar-refractivity contribution >= 4 is 17.9 Å². The van der Waals surface area contributed by atoms with Gasteiger partial charge in [-0.3, -0.25) is 5.01 Å². The summed E-state index contributed by atoms with van der Waals surface area (Å²) in [5.41, 5.74) is 3.12. The molecule has 1 N–H and O–H groups in total. The molecule has 0 atom stereocenters. The first kappa shape index (κ1) is 9.84. The number of carboxylic acid groups (broad SMARTS) is 1. The zero-order valence-electron chi connectivity index (χ0n) is 9.00. The molecule has 0 saturated carbocycles. The van der Waals surface area contributed by atoms with Crippen molar-refractivity contribution in [3.63, 3.8) is 0 Å². The van der Waals surface area contributed by atoms with Gasteiger partial charge in [-0.1, -0.05) is 18.2 Å². The van der Waals surface area contributed by atoms with Gasteiger partial charge in [-0.15, -0.1) is 0 Å². The van der Waals surface area contributed by atoms with Crippen LogP contribution >= 0.6 is 0 Å². The third kappa shape index (κ3) is 1.54. The molecule has 0 fully saturated rings. The Balaban J connectivity index is 2.18. The Morgan fingerprint density at radius 3 is 3.12 bits per heavy atom. The molecule has 0 aromatic heterocycles. The van der Waals surface area contributed by atoms with Gasteiger partial charge in [0.2, 0.25) is 0 Å². The third-order valence-electron chi connectivity index (χ3n) is 2.86. The van der Waals surface area contributed by atoms with Crippen molar-refractivity contribution in [1.29, 1.82) is 0 Å². The molecule has 4 heteroatoms. The second kappa shape index (κ2) is 3.59. The minimum Gasteiger partial charge on any atom is -0.478 e. The highest BCUT2D eigenvalue weighted by atomic mass is 16.4. The summed E-state index contributed by atoms with van der Waals surface area (Å²) in [4.78, 5) is 11.0. The van der Waals surface area contributed by atoms with Gasteiger partial charge in [0.15, 0.2) is 0 Å². The second-order valence-electron chi connectivity index (χ2n) is 3.91. The zero-order chi connectivity index (χ0) is 11.8. The molecule has 2 heterocycles. The smallest absolute Gasteiger partial charge is 0.335 e. The normalized spacial score (nSPS) is 16.2. The molecule has 3 rings (SSSR count). The van der Waals surface area contributed by atoms with E-state index in [4.69, 9.17) is 5.11 Å². The fourth-order valence-corrected chi connectivity index (χ4v) is 2.00. The molecular formula is C13H10N2O2. The van der Waals surface area contributed by atoms with Crippen LogP contribution in [0, 0.1) is 0 Å². The number of carboxylic acids is 1. The molecular weight excluding hydrogens is 216 g/mol. The SMILES string of the molecule is O=C(O)c1ccc2c(c1)C1=CC=CCN1N=C2. The van der Waals surface area contributed by atoms with E-state index in [0.717, 1.165) is 23.4 Å². The lowest BCUT2D eigenvalue weighted by Crippen LogP contribution is -2.22. The van der Waals surface area contributed by atoms with E-state index in [1.807, 2.05) is 23.2 Å². The Kier molecular flexibility index (Phi) is 2.08. The average Bonchev–Trinajstić information content (AvgIpc) is 2.38. The van der Waals surface area contributed by atoms with Gasteiger partial charge in [0.25, 0.3) is 0 Å². The fourth-order valence-electron chi connectivity index (χ4n) is 2.00. The van der Waals surface area contributed by atoms with Crippen molar-refractivity contribution < 1.29 is 9.90 Å². The van der Waals surface area contributed by atoms with Crippen molar-refractivity contribution in [2.24, 2.45) is 5.10 Å². The maximum Gasteiger partial charge on any atom is 0.335 e. The van der Waals surface area contributed by atoms with Crippen molar-refractivity contribution in [1.82, 2.24) is 5.01 Å². The quantitative estimate of drug-likeness (QED) is 0.796. The fraction of sp³-hybridized carbons (Fsp3) is 0.0769. The summed E-state index contributed by atoms with van der Waals surface area (Å²) in [6.45, 7) is 0.721. The van der Waals surface area contributed by atoms with Gasteiger partial charge >= 0.3 is 5.97 Å². The van der Waals surface area contributed by atoms with E-state index in [9.17, 15) is 4.79 Å². The van der Waals surface area contributed by atoms with Crippen LogP contribution in [-0.2, 0) is 0 Å². The average molecular weight is 226 g/mol. The molecule has 0 aliphatic carbocycles. The number of carbonyl (C=O) groups is 1. The first-order valence-corrected chi connectivity index (χ1v) is 5.32. The van der Waals surface area contributed by atoms with Crippen molar-refractivity contribution in [3.8, 4) is 0 Å². The molecule has 0 unspecified atom stereocenters. The Morgan fingerprint density at radius 1 is 1.41 bits per heavy atom. The van der Waals surface area contributed by atoms with Gasteiger partial charge in [-0.2, -0.15) is 5.10 Å². The Bertz CT molecular complexity index is 585. The van der Waals surface area contributed by atoms with E-state index in [2.05, 4.69) is 5.10 Å². The van der Waals surface area contributed by atoms with Gasteiger partial charge in [0.05, 0.1) is 24.0 Å². The van der Waals surface area contributed by atoms with Gasteiger partial charge < -0.3 is 5.11 Å². The molecule has 4 nitrogen and oxygen atoms in total. The summed E-state index contributed by atoms with van der Waals surface area (Å²) in [5.74, 6) is -0.909. The third-order valence-corrected chi connectivity index (χ3v) is 2.86. The molecule has 84 valence electrons. The lowest BCUT2D eigenvalue weighted by Gasteiger charge is -2.27. The highest BCUT2D eigenvalue weighted by molar-refractivity contribution is 5.95. The molecule has 0 radical (unpaired) electrons. The monoisotopic (exact) mass is 226 g/mol. The summed E-state index contributed by atoms with van der Waals surface area (Å²) >= 11 is 0. The van der Waals surface area contributed by atoms with Crippen LogP contribution in [0.4, 0.5) is 0 Å². The molecule has 1 aromatic rings. The number of hydrogen-bond acceptors (Lipinski definition) is 3. The number of aromatic carboxylic acids is 1. The predicted molar refractivity (Wildman–Crippen MR) is 64.8 cm³/mol. The minimum atomic E-state index is -0.909. The second-order valence-corrected chi connectivity index (χ2v) is 3.91. The molecule has 0 amide bonds. The van der Waals surface area contributed by atoms with Crippen LogP contribution in [-0.4, -0.2) is 28.8 Å². The number of benzene rings is 1. The highest BCUT2D eigenvalue weighted by Gasteiger charge is 2.20. The number of hydrogen-bond donors (Lipinski definition) is 1. The molecule has 2 aliphatic rings. The highest BCUT2D eigenvalue weighted by Crippen LogP contribution is 2.29. The molecule has 0 bridgehead atoms. The summed E-state index contributed by atoms with van der Waals surface area (Å²) in [7, 11) is 0. The number of allylic oxidation sites excluding steroid dienone is 2. The molecule has 0 spiro atoms. The van der Waals surface area contributed by atoms with Crippen LogP contribution in [0.2, 0.25) is 0 Å². The van der Waals surface area contributed by atoms with Crippen molar-refractivity contribution in [3.05, 3.63) is 53.1 Å². The summed E-state index contributed by atoms with van der Waals surface area (Å²) in [5, 5.41) is 15.2. The summed E-state index contributed by atoms with van der Waals surface area (Å²) < 4.78 is 0. The molecule has 1 aromatic carbocycles. The van der Waals surface area contributed by atoms with Gasteiger partial charge in [-0.05, 0) is 18.2 Å². The summed E-state index contributed by atoms with van der Waals surface area (Å²) in [6.07, 6.45) is 7.68. The van der Waals surface area contributed by atoms with Gasteiger partial charge in [-0.25, -0.2) is 4.79 Å². The molecule has 2 aliphatic heterocycles. The van der Waals surface area contributed by atoms with Crippen LogP contribution in [0.5, 0.6) is 0 Å². The number of fused-ring (bicyclic) bond motifs is 3. The van der Waals surface area contributed by atoms with E-state index in [1.165, 1.54) is 0 Å². The maximum absolute atomic E-state index is 11.0. The minimum absolute atomic E-state index is 0.300. The first-order chi connectivity index (χ1) is 8.25. The number of hydrazone groups is 1. The van der Waals surface area contributed by atoms with Crippen LogP contribution in [0.1, 0.15) is 21.5 Å². The first-order valence-electron chi connectivity index (χ1n) is 5.32. The standard InChI is InChI=1S/C13H10N2O2/c16-13(17)9-4-5-10-8-14-15-6-2-1-3-12(15)11(10)7-9/h1-5,7-8H,6H2,(H,16,17). The predicted octanol–water partition coefficient (Wildman–Crippen LogP) is 1.95. The molecule has 17 heavy (non-hydrogen) atoms. The topological polar surface area (TPSA) is 52.9 Å². The van der Waals surface area contributed by atoms with Crippen LogP contribution in [0.25, 0.3) is 5.70 Å². The Morgan fingerprint density at radius 2 is 2.29 bits per heavy atom. The van der Waals surface area contributed by atoms with E-state index >= 15 is 0 Å². The Hall–Kier alpha value is -2.36. The largest absolute Gasteiger partial charge is 0.478 e.